The zero-order valence-electron chi connectivity index (χ0n) is 11.9. The van der Waals surface area contributed by atoms with Crippen LogP contribution in [-0.2, 0) is 4.79 Å². The summed E-state index contributed by atoms with van der Waals surface area (Å²) in [7, 11) is 0. The summed E-state index contributed by atoms with van der Waals surface area (Å²) < 4.78 is 0. The predicted octanol–water partition coefficient (Wildman–Crippen LogP) is 4.72. The number of allylic oxidation sites excluding steroid dienone is 1. The van der Waals surface area contributed by atoms with Gasteiger partial charge in [-0.3, -0.25) is 4.79 Å². The molecule has 1 N–H and O–H groups in total. The molecule has 0 aromatic rings. The lowest BCUT2D eigenvalue weighted by Crippen LogP contribution is -2.12. The maximum atomic E-state index is 10.8. The lowest BCUT2D eigenvalue weighted by molar-refractivity contribution is -0.115. The Bertz CT molecular complexity index is 233. The first-order chi connectivity index (χ1) is 8.81. The molecule has 0 spiro atoms. The van der Waals surface area contributed by atoms with Gasteiger partial charge in [0.1, 0.15) is 0 Å². The first kappa shape index (κ1) is 16.9. The summed E-state index contributed by atoms with van der Waals surface area (Å²) in [5, 5.41) is 2.63. The molecule has 0 atom stereocenters. The number of carbonyl (C=O) groups is 1. The monoisotopic (exact) mass is 251 g/mol. The summed E-state index contributed by atoms with van der Waals surface area (Å²) in [4.78, 5) is 10.8. The highest BCUT2D eigenvalue weighted by Gasteiger charge is 1.91. The smallest absolute Gasteiger partial charge is 0.247 e. The molecule has 0 aliphatic rings. The molecule has 0 aliphatic carbocycles. The van der Waals surface area contributed by atoms with Crippen molar-refractivity contribution in [1.29, 1.82) is 0 Å². The van der Waals surface area contributed by atoms with E-state index in [0.717, 1.165) is 6.42 Å². The third-order valence-corrected chi connectivity index (χ3v) is 3.00. The van der Waals surface area contributed by atoms with Gasteiger partial charge in [0.15, 0.2) is 0 Å². The number of nitrogens with one attached hydrogen (secondary N) is 1. The summed E-state index contributed by atoms with van der Waals surface area (Å²) in [5.74, 6) is -0.140. The zero-order valence-corrected chi connectivity index (χ0v) is 11.9. The van der Waals surface area contributed by atoms with Crippen LogP contribution in [0.4, 0.5) is 0 Å². The average molecular weight is 251 g/mol. The van der Waals surface area contributed by atoms with Gasteiger partial charge >= 0.3 is 0 Å². The average Bonchev–Trinajstić information content (AvgIpc) is 2.39. The minimum Gasteiger partial charge on any atom is -0.329 e. The van der Waals surface area contributed by atoms with E-state index in [4.69, 9.17) is 0 Å². The molecule has 0 rings (SSSR count). The van der Waals surface area contributed by atoms with Crippen molar-refractivity contribution in [3.63, 3.8) is 0 Å². The molecule has 0 saturated heterocycles. The van der Waals surface area contributed by atoms with Gasteiger partial charge in [-0.2, -0.15) is 0 Å². The molecular formula is C16H29NO. The molecule has 0 fully saturated rings. The minimum atomic E-state index is -0.140. The van der Waals surface area contributed by atoms with Gasteiger partial charge in [-0.05, 0) is 18.9 Å². The molecule has 104 valence electrons. The summed E-state index contributed by atoms with van der Waals surface area (Å²) >= 11 is 0. The van der Waals surface area contributed by atoms with Gasteiger partial charge in [0.25, 0.3) is 0 Å². The van der Waals surface area contributed by atoms with Crippen LogP contribution in [-0.4, -0.2) is 5.91 Å². The highest BCUT2D eigenvalue weighted by molar-refractivity contribution is 5.87. The number of unbranched alkanes of at least 4 members (excludes halogenated alkanes) is 9. The van der Waals surface area contributed by atoms with Crippen LogP contribution in [0.15, 0.2) is 24.9 Å². The van der Waals surface area contributed by atoms with Crippen molar-refractivity contribution < 1.29 is 4.79 Å². The lowest BCUT2D eigenvalue weighted by Gasteiger charge is -2.00. The van der Waals surface area contributed by atoms with E-state index in [1.54, 1.807) is 6.20 Å². The molecule has 2 nitrogen and oxygen atoms in total. The lowest BCUT2D eigenvalue weighted by atomic mass is 10.1. The Morgan fingerprint density at radius 3 is 2.11 bits per heavy atom. The van der Waals surface area contributed by atoms with Crippen LogP contribution < -0.4 is 5.32 Å². The minimum absolute atomic E-state index is 0.140. The van der Waals surface area contributed by atoms with Crippen LogP contribution in [0.1, 0.15) is 71.1 Å². The molecule has 0 heterocycles. The second-order valence-electron chi connectivity index (χ2n) is 4.73. The quantitative estimate of drug-likeness (QED) is 0.394. The topological polar surface area (TPSA) is 29.1 Å². The molecule has 0 unspecified atom stereocenters. The van der Waals surface area contributed by atoms with Gasteiger partial charge < -0.3 is 5.32 Å². The van der Waals surface area contributed by atoms with E-state index in [-0.39, 0.29) is 5.91 Å². The van der Waals surface area contributed by atoms with Gasteiger partial charge in [0, 0.05) is 6.20 Å². The SMILES string of the molecule is C=CC(=O)NC=CCCCCCCCCCCC. The van der Waals surface area contributed by atoms with E-state index in [0.29, 0.717) is 0 Å². The van der Waals surface area contributed by atoms with Gasteiger partial charge in [-0.1, -0.05) is 70.9 Å². The van der Waals surface area contributed by atoms with E-state index < -0.39 is 0 Å². The molecule has 0 saturated carbocycles. The summed E-state index contributed by atoms with van der Waals surface area (Å²) in [5.41, 5.74) is 0. The third kappa shape index (κ3) is 13.0. The van der Waals surface area contributed by atoms with Gasteiger partial charge in [0.2, 0.25) is 5.91 Å². The largest absolute Gasteiger partial charge is 0.329 e. The third-order valence-electron chi connectivity index (χ3n) is 3.00. The van der Waals surface area contributed by atoms with E-state index in [1.165, 1.54) is 63.9 Å². The molecule has 0 aliphatic heterocycles. The molecule has 0 bridgehead atoms. The number of hydrogen-bond donors (Lipinski definition) is 1. The Labute approximate surface area is 113 Å². The van der Waals surface area contributed by atoms with Gasteiger partial charge in [-0.25, -0.2) is 0 Å². The van der Waals surface area contributed by atoms with Crippen LogP contribution in [0.2, 0.25) is 0 Å². The summed E-state index contributed by atoms with van der Waals surface area (Å²) in [6.45, 7) is 5.65. The highest BCUT2D eigenvalue weighted by atomic mass is 16.1. The number of amides is 1. The van der Waals surface area contributed by atoms with Gasteiger partial charge in [-0.15, -0.1) is 0 Å². The van der Waals surface area contributed by atoms with Crippen molar-refractivity contribution in [1.82, 2.24) is 5.32 Å². The Morgan fingerprint density at radius 2 is 1.56 bits per heavy atom. The maximum Gasteiger partial charge on any atom is 0.247 e. The van der Waals surface area contributed by atoms with Crippen LogP contribution >= 0.6 is 0 Å². The normalized spacial score (nSPS) is 10.7. The zero-order chi connectivity index (χ0) is 13.5. The van der Waals surface area contributed by atoms with Crippen molar-refractivity contribution in [3.8, 4) is 0 Å². The molecule has 18 heavy (non-hydrogen) atoms. The van der Waals surface area contributed by atoms with Crippen molar-refractivity contribution in [2.24, 2.45) is 0 Å². The van der Waals surface area contributed by atoms with E-state index in [9.17, 15) is 4.79 Å². The van der Waals surface area contributed by atoms with Crippen LogP contribution in [0.5, 0.6) is 0 Å². The Kier molecular flexibility index (Phi) is 13.2. The fraction of sp³-hybridized carbons (Fsp3) is 0.688. The Morgan fingerprint density at radius 1 is 1.00 bits per heavy atom. The number of hydrogen-bond acceptors (Lipinski definition) is 1. The highest BCUT2D eigenvalue weighted by Crippen LogP contribution is 2.10. The molecule has 0 aromatic heterocycles. The molecule has 0 aromatic carbocycles. The second-order valence-corrected chi connectivity index (χ2v) is 4.73. The molecule has 1 amide bonds. The van der Waals surface area contributed by atoms with Crippen molar-refractivity contribution in [2.45, 2.75) is 71.1 Å². The first-order valence-electron chi connectivity index (χ1n) is 7.39. The maximum absolute atomic E-state index is 10.8. The van der Waals surface area contributed by atoms with E-state index >= 15 is 0 Å². The molecular weight excluding hydrogens is 222 g/mol. The van der Waals surface area contributed by atoms with E-state index in [2.05, 4.69) is 18.8 Å². The van der Waals surface area contributed by atoms with Crippen molar-refractivity contribution in [2.75, 3.05) is 0 Å². The fourth-order valence-corrected chi connectivity index (χ4v) is 1.86. The molecule has 2 heteroatoms. The summed E-state index contributed by atoms with van der Waals surface area (Å²) in [6, 6.07) is 0. The van der Waals surface area contributed by atoms with Crippen molar-refractivity contribution in [3.05, 3.63) is 24.9 Å². The number of rotatable bonds is 12. The van der Waals surface area contributed by atoms with Crippen LogP contribution in [0.3, 0.4) is 0 Å². The van der Waals surface area contributed by atoms with Crippen LogP contribution in [0.25, 0.3) is 0 Å². The van der Waals surface area contributed by atoms with E-state index in [1.807, 2.05) is 6.08 Å². The fourth-order valence-electron chi connectivity index (χ4n) is 1.86. The standard InChI is InChI=1S/C16H29NO/c1-3-5-6-7-8-9-10-11-12-13-14-15-17-16(18)4-2/h4,14-15H,2-3,5-13H2,1H3,(H,17,18). The van der Waals surface area contributed by atoms with Gasteiger partial charge in [0.05, 0.1) is 0 Å². The Hall–Kier alpha value is -1.05. The first-order valence-corrected chi connectivity index (χ1v) is 7.39. The predicted molar refractivity (Wildman–Crippen MR) is 79.3 cm³/mol. The number of carbonyl (C=O) groups excluding carboxylic acids is 1. The van der Waals surface area contributed by atoms with Crippen molar-refractivity contribution >= 4 is 5.91 Å². The molecule has 0 radical (unpaired) electrons. The van der Waals surface area contributed by atoms with Crippen LogP contribution in [0, 0.1) is 0 Å². The Balaban J connectivity index is 3.11. The summed E-state index contributed by atoms with van der Waals surface area (Å²) in [6.07, 6.45) is 18.2. The second kappa shape index (κ2) is 14.0.